The molecule has 1 rings (SSSR count). The number of nitrogens with two attached hydrogens (primary N) is 1. The van der Waals surface area contributed by atoms with Gasteiger partial charge in [0.2, 0.25) is 5.91 Å². The lowest BCUT2D eigenvalue weighted by atomic mass is 10.1. The number of halogens is 1. The highest BCUT2D eigenvalue weighted by Crippen LogP contribution is 2.15. The number of amides is 1. The minimum absolute atomic E-state index is 0.0548. The van der Waals surface area contributed by atoms with Gasteiger partial charge in [-0.3, -0.25) is 4.79 Å². The van der Waals surface area contributed by atoms with Gasteiger partial charge in [0.05, 0.1) is 12.1 Å². The van der Waals surface area contributed by atoms with Crippen LogP contribution in [-0.4, -0.2) is 11.9 Å². The van der Waals surface area contributed by atoms with Gasteiger partial charge in [0.15, 0.2) is 0 Å². The summed E-state index contributed by atoms with van der Waals surface area (Å²) >= 11 is 5.77. The Morgan fingerprint density at radius 3 is 2.33 bits per heavy atom. The third kappa shape index (κ3) is 3.53. The number of carbonyl (C=O) groups is 1. The highest BCUT2D eigenvalue weighted by Gasteiger charge is 2.12. The Hall–Kier alpha value is -1.06. The quantitative estimate of drug-likeness (QED) is 0.827. The van der Waals surface area contributed by atoms with Crippen LogP contribution in [-0.2, 0) is 4.79 Å². The Kier molecular flexibility index (Phi) is 4.12. The van der Waals surface area contributed by atoms with E-state index in [2.05, 4.69) is 5.32 Å². The molecule has 4 heteroatoms. The second kappa shape index (κ2) is 5.14. The normalized spacial score (nSPS) is 14.4. The van der Waals surface area contributed by atoms with E-state index in [0.717, 1.165) is 5.56 Å². The fourth-order valence-electron chi connectivity index (χ4n) is 1.18. The van der Waals surface area contributed by atoms with Crippen LogP contribution in [0.4, 0.5) is 0 Å². The summed E-state index contributed by atoms with van der Waals surface area (Å²) in [4.78, 5) is 11.3. The molecule has 0 saturated carbocycles. The van der Waals surface area contributed by atoms with Crippen LogP contribution < -0.4 is 11.1 Å². The second-order valence-electron chi connectivity index (χ2n) is 3.57. The zero-order valence-electron chi connectivity index (χ0n) is 8.83. The number of hydrogen-bond acceptors (Lipinski definition) is 2. The van der Waals surface area contributed by atoms with Crippen LogP contribution in [0.2, 0.25) is 5.02 Å². The molecule has 0 bridgehead atoms. The van der Waals surface area contributed by atoms with Crippen LogP contribution in [0.25, 0.3) is 0 Å². The van der Waals surface area contributed by atoms with E-state index >= 15 is 0 Å². The van der Waals surface area contributed by atoms with Crippen molar-refractivity contribution in [2.45, 2.75) is 25.9 Å². The molecule has 0 saturated heterocycles. The van der Waals surface area contributed by atoms with E-state index in [1.807, 2.05) is 19.1 Å². The number of nitrogens with one attached hydrogen (secondary N) is 1. The van der Waals surface area contributed by atoms with Gasteiger partial charge in [-0.2, -0.15) is 0 Å². The standard InChI is InChI=1S/C11H15ClN2O/c1-7(13)11(15)14-8(2)9-3-5-10(12)6-4-9/h3-8H,13H2,1-2H3,(H,14,15)/t7-,8-/m1/s1. The van der Waals surface area contributed by atoms with Gasteiger partial charge in [-0.25, -0.2) is 0 Å². The molecule has 1 amide bonds. The molecule has 0 aliphatic heterocycles. The molecule has 0 fully saturated rings. The lowest BCUT2D eigenvalue weighted by Crippen LogP contribution is -2.39. The van der Waals surface area contributed by atoms with Gasteiger partial charge in [-0.05, 0) is 31.5 Å². The third-order valence-electron chi connectivity index (χ3n) is 2.14. The zero-order valence-corrected chi connectivity index (χ0v) is 9.58. The fraction of sp³-hybridized carbons (Fsp3) is 0.364. The summed E-state index contributed by atoms with van der Waals surface area (Å²) in [5.41, 5.74) is 6.46. The molecule has 0 unspecified atom stereocenters. The van der Waals surface area contributed by atoms with Gasteiger partial charge in [0.25, 0.3) is 0 Å². The van der Waals surface area contributed by atoms with E-state index < -0.39 is 6.04 Å². The molecule has 0 heterocycles. The first-order valence-electron chi connectivity index (χ1n) is 4.82. The average molecular weight is 227 g/mol. The predicted octanol–water partition coefficient (Wildman–Crippen LogP) is 1.86. The number of benzene rings is 1. The van der Waals surface area contributed by atoms with Crippen LogP contribution in [0.15, 0.2) is 24.3 Å². The molecule has 2 atom stereocenters. The van der Waals surface area contributed by atoms with Crippen molar-refractivity contribution in [2.75, 3.05) is 0 Å². The molecule has 0 radical (unpaired) electrons. The Morgan fingerprint density at radius 1 is 1.33 bits per heavy atom. The van der Waals surface area contributed by atoms with Gasteiger partial charge in [0, 0.05) is 5.02 Å². The summed E-state index contributed by atoms with van der Waals surface area (Å²) in [6, 6.07) is 6.82. The van der Waals surface area contributed by atoms with Crippen molar-refractivity contribution in [3.63, 3.8) is 0 Å². The fourth-order valence-corrected chi connectivity index (χ4v) is 1.31. The van der Waals surface area contributed by atoms with E-state index in [0.29, 0.717) is 5.02 Å². The summed E-state index contributed by atoms with van der Waals surface area (Å²) < 4.78 is 0. The van der Waals surface area contributed by atoms with E-state index in [4.69, 9.17) is 17.3 Å². The molecule has 3 N–H and O–H groups in total. The molecule has 15 heavy (non-hydrogen) atoms. The first-order chi connectivity index (χ1) is 7.00. The van der Waals surface area contributed by atoms with Gasteiger partial charge < -0.3 is 11.1 Å². The van der Waals surface area contributed by atoms with Crippen molar-refractivity contribution in [1.29, 1.82) is 0 Å². The van der Waals surface area contributed by atoms with E-state index in [9.17, 15) is 4.79 Å². The minimum Gasteiger partial charge on any atom is -0.348 e. The lowest BCUT2D eigenvalue weighted by Gasteiger charge is -2.15. The summed E-state index contributed by atoms with van der Waals surface area (Å²) in [5, 5.41) is 3.49. The van der Waals surface area contributed by atoms with Crippen molar-refractivity contribution >= 4 is 17.5 Å². The van der Waals surface area contributed by atoms with Gasteiger partial charge in [-0.15, -0.1) is 0 Å². The molecule has 0 aromatic heterocycles. The average Bonchev–Trinajstić information content (AvgIpc) is 2.18. The van der Waals surface area contributed by atoms with Gasteiger partial charge >= 0.3 is 0 Å². The smallest absolute Gasteiger partial charge is 0.237 e. The monoisotopic (exact) mass is 226 g/mol. The van der Waals surface area contributed by atoms with E-state index in [1.54, 1.807) is 19.1 Å². The van der Waals surface area contributed by atoms with Crippen molar-refractivity contribution < 1.29 is 4.79 Å². The Labute approximate surface area is 94.6 Å². The van der Waals surface area contributed by atoms with E-state index in [1.165, 1.54) is 0 Å². The first-order valence-corrected chi connectivity index (χ1v) is 5.20. The number of carbonyl (C=O) groups excluding carboxylic acids is 1. The highest BCUT2D eigenvalue weighted by molar-refractivity contribution is 6.30. The van der Waals surface area contributed by atoms with E-state index in [-0.39, 0.29) is 11.9 Å². The Bertz CT molecular complexity index is 335. The van der Waals surface area contributed by atoms with Crippen molar-refractivity contribution in [2.24, 2.45) is 5.73 Å². The summed E-state index contributed by atoms with van der Waals surface area (Å²) in [6.45, 7) is 3.56. The zero-order chi connectivity index (χ0) is 11.4. The lowest BCUT2D eigenvalue weighted by molar-refractivity contribution is -0.122. The maximum atomic E-state index is 11.3. The SMILES string of the molecule is C[C@@H](N)C(=O)N[C@H](C)c1ccc(Cl)cc1. The molecule has 0 aliphatic rings. The third-order valence-corrected chi connectivity index (χ3v) is 2.39. The van der Waals surface area contributed by atoms with Crippen LogP contribution in [0.3, 0.4) is 0 Å². The topological polar surface area (TPSA) is 55.1 Å². The second-order valence-corrected chi connectivity index (χ2v) is 4.01. The van der Waals surface area contributed by atoms with Crippen molar-refractivity contribution in [3.05, 3.63) is 34.9 Å². The molecule has 1 aromatic carbocycles. The molecular formula is C11H15ClN2O. The molecular weight excluding hydrogens is 212 g/mol. The van der Waals surface area contributed by atoms with Crippen molar-refractivity contribution in [1.82, 2.24) is 5.32 Å². The molecule has 0 aliphatic carbocycles. The molecule has 82 valence electrons. The Balaban J connectivity index is 2.65. The van der Waals surface area contributed by atoms with Crippen LogP contribution in [0.1, 0.15) is 25.5 Å². The molecule has 0 spiro atoms. The number of rotatable bonds is 3. The van der Waals surface area contributed by atoms with Gasteiger partial charge in [-0.1, -0.05) is 23.7 Å². The Morgan fingerprint density at radius 2 is 1.87 bits per heavy atom. The maximum absolute atomic E-state index is 11.3. The van der Waals surface area contributed by atoms with Gasteiger partial charge in [0.1, 0.15) is 0 Å². The summed E-state index contributed by atoms with van der Waals surface area (Å²) in [6.07, 6.45) is 0. The largest absolute Gasteiger partial charge is 0.348 e. The highest BCUT2D eigenvalue weighted by atomic mass is 35.5. The predicted molar refractivity (Wildman–Crippen MR) is 61.7 cm³/mol. The maximum Gasteiger partial charge on any atom is 0.237 e. The minimum atomic E-state index is -0.486. The number of hydrogen-bond donors (Lipinski definition) is 2. The van der Waals surface area contributed by atoms with Crippen LogP contribution >= 0.6 is 11.6 Å². The molecule has 1 aromatic rings. The molecule has 3 nitrogen and oxygen atoms in total. The summed E-state index contributed by atoms with van der Waals surface area (Å²) in [5.74, 6) is -0.155. The van der Waals surface area contributed by atoms with Crippen LogP contribution in [0, 0.1) is 0 Å². The van der Waals surface area contributed by atoms with Crippen molar-refractivity contribution in [3.8, 4) is 0 Å². The first kappa shape index (κ1) is 12.0. The summed E-state index contributed by atoms with van der Waals surface area (Å²) in [7, 11) is 0. The van der Waals surface area contributed by atoms with Crippen LogP contribution in [0.5, 0.6) is 0 Å².